The minimum atomic E-state index is -1.75. The van der Waals surface area contributed by atoms with E-state index in [-0.39, 0.29) is 0 Å². The van der Waals surface area contributed by atoms with E-state index in [1.165, 1.54) is 38.5 Å². The lowest BCUT2D eigenvalue weighted by Crippen LogP contribution is -2.06. The van der Waals surface area contributed by atoms with Gasteiger partial charge < -0.3 is 5.11 Å². The third-order valence-electron chi connectivity index (χ3n) is 3.51. The Morgan fingerprint density at radius 1 is 0.824 bits per heavy atom. The van der Waals surface area contributed by atoms with Crippen LogP contribution in [-0.4, -0.2) is 11.7 Å². The van der Waals surface area contributed by atoms with Crippen LogP contribution in [-0.2, 0) is 0 Å². The molecule has 0 heterocycles. The van der Waals surface area contributed by atoms with Crippen molar-refractivity contribution in [2.24, 2.45) is 5.92 Å². The van der Waals surface area contributed by atoms with Gasteiger partial charge in [-0.2, -0.15) is 0 Å². The monoisotopic (exact) mass is 245 g/mol. The van der Waals surface area contributed by atoms with Crippen LogP contribution in [0.15, 0.2) is 0 Å². The molecule has 0 bridgehead atoms. The summed E-state index contributed by atoms with van der Waals surface area (Å²) in [5, 5.41) is 9.35. The van der Waals surface area contributed by atoms with Crippen LogP contribution in [0.1, 0.15) is 94.9 Å². The molecule has 0 aliphatic heterocycles. The largest absolute Gasteiger partial charge is 0.396 e. The van der Waals surface area contributed by atoms with Crippen molar-refractivity contribution in [3.05, 3.63) is 0 Å². The predicted octanol–water partition coefficient (Wildman–Crippen LogP) is 5.32. The lowest BCUT2D eigenvalue weighted by Gasteiger charge is -2.13. The molecular formula is C16H34O. The first kappa shape index (κ1) is 12.0. The van der Waals surface area contributed by atoms with Gasteiger partial charge in [0.2, 0.25) is 0 Å². The van der Waals surface area contributed by atoms with Gasteiger partial charge in [0.15, 0.2) is 0 Å². The van der Waals surface area contributed by atoms with Gasteiger partial charge in [0, 0.05) is 10.7 Å². The molecule has 1 N–H and O–H groups in total. The molecule has 1 nitrogen and oxygen atoms in total. The fourth-order valence-corrected chi connectivity index (χ4v) is 2.28. The summed E-state index contributed by atoms with van der Waals surface area (Å²) in [6.45, 7) is 0.793. The van der Waals surface area contributed by atoms with Crippen molar-refractivity contribution in [3.63, 3.8) is 0 Å². The van der Waals surface area contributed by atoms with Crippen LogP contribution in [0.25, 0.3) is 0 Å². The van der Waals surface area contributed by atoms with E-state index in [2.05, 4.69) is 6.92 Å². The number of aliphatic hydroxyl groups is 1. The third-order valence-corrected chi connectivity index (χ3v) is 3.51. The molecule has 1 heteroatoms. The Bertz CT molecular complexity index is 204. The highest BCUT2D eigenvalue weighted by molar-refractivity contribution is 4.59. The van der Waals surface area contributed by atoms with Crippen molar-refractivity contribution < 1.29 is 9.22 Å². The van der Waals surface area contributed by atoms with Gasteiger partial charge in [0.25, 0.3) is 0 Å². The number of rotatable bonds is 13. The molecule has 0 aromatic rings. The highest BCUT2D eigenvalue weighted by atomic mass is 16.3. The fraction of sp³-hybridized carbons (Fsp3) is 1.00. The Balaban J connectivity index is 3.37. The van der Waals surface area contributed by atoms with E-state index >= 15 is 0 Å². The molecule has 1 atom stereocenters. The first-order chi connectivity index (χ1) is 9.49. The van der Waals surface area contributed by atoms with Crippen LogP contribution in [0.2, 0.25) is 0 Å². The van der Waals surface area contributed by atoms with Crippen molar-refractivity contribution in [1.82, 2.24) is 0 Å². The predicted molar refractivity (Wildman–Crippen MR) is 77.3 cm³/mol. The van der Waals surface area contributed by atoms with E-state index in [1.54, 1.807) is 0 Å². The van der Waals surface area contributed by atoms with Crippen LogP contribution in [0.3, 0.4) is 0 Å². The minimum Gasteiger partial charge on any atom is -0.396 e. The second kappa shape index (κ2) is 14.0. The van der Waals surface area contributed by atoms with Crippen molar-refractivity contribution in [2.45, 2.75) is 90.8 Å². The number of hydrogen-bond acceptors (Lipinski definition) is 1. The summed E-state index contributed by atoms with van der Waals surface area (Å²) in [5.41, 5.74) is 0. The van der Waals surface area contributed by atoms with E-state index in [4.69, 9.17) is 4.11 Å². The van der Waals surface area contributed by atoms with Gasteiger partial charge in [-0.3, -0.25) is 0 Å². The highest BCUT2D eigenvalue weighted by Gasteiger charge is 2.06. The summed E-state index contributed by atoms with van der Waals surface area (Å²) in [7, 11) is 0. The topological polar surface area (TPSA) is 20.2 Å². The molecule has 0 saturated heterocycles. The first-order valence-electron chi connectivity index (χ1n) is 9.10. The maximum Gasteiger partial charge on any atom is 0.0459 e. The molecule has 0 aromatic carbocycles. The quantitative estimate of drug-likeness (QED) is 0.436. The van der Waals surface area contributed by atoms with Gasteiger partial charge in [0.05, 0.1) is 0 Å². The molecule has 0 amide bonds. The van der Waals surface area contributed by atoms with Crippen molar-refractivity contribution in [1.29, 1.82) is 0 Å². The number of aliphatic hydroxyl groups excluding tert-OH is 1. The fourth-order valence-electron chi connectivity index (χ4n) is 2.28. The standard InChI is InChI=1S/C16H34O/c1-3-5-7-9-10-12-14-16(15-17)13-11-8-6-4-2/h16-17H,3-15H2,1-2H3/i1D3. The minimum absolute atomic E-state index is 0.325. The van der Waals surface area contributed by atoms with Crippen LogP contribution in [0.5, 0.6) is 0 Å². The molecule has 104 valence electrons. The van der Waals surface area contributed by atoms with Crippen LogP contribution in [0.4, 0.5) is 0 Å². The molecule has 0 spiro atoms. The Morgan fingerprint density at radius 3 is 1.94 bits per heavy atom. The normalized spacial score (nSPS) is 16.2. The first-order valence-corrected chi connectivity index (χ1v) is 7.60. The molecule has 0 aromatic heterocycles. The van der Waals surface area contributed by atoms with E-state index in [9.17, 15) is 5.11 Å². The zero-order valence-electron chi connectivity index (χ0n) is 14.7. The van der Waals surface area contributed by atoms with Crippen molar-refractivity contribution >= 4 is 0 Å². The number of hydrogen-bond donors (Lipinski definition) is 1. The van der Waals surface area contributed by atoms with Crippen LogP contribution in [0, 0.1) is 5.92 Å². The summed E-state index contributed by atoms with van der Waals surface area (Å²) in [5.74, 6) is 0.481. The Hall–Kier alpha value is -0.0400. The summed E-state index contributed by atoms with van der Waals surface area (Å²) in [6, 6.07) is 0. The second-order valence-corrected chi connectivity index (χ2v) is 5.20. The van der Waals surface area contributed by atoms with Gasteiger partial charge in [-0.25, -0.2) is 0 Å². The molecule has 17 heavy (non-hydrogen) atoms. The summed E-state index contributed by atoms with van der Waals surface area (Å²) in [4.78, 5) is 0. The molecule has 0 aliphatic rings. The Morgan fingerprint density at radius 2 is 1.35 bits per heavy atom. The molecule has 0 saturated carbocycles. The summed E-state index contributed by atoms with van der Waals surface area (Å²) >= 11 is 0. The highest BCUT2D eigenvalue weighted by Crippen LogP contribution is 2.18. The molecular weight excluding hydrogens is 208 g/mol. The molecule has 0 fully saturated rings. The van der Waals surface area contributed by atoms with Gasteiger partial charge in [-0.05, 0) is 18.8 Å². The maximum atomic E-state index is 9.35. The van der Waals surface area contributed by atoms with Gasteiger partial charge in [-0.1, -0.05) is 78.0 Å². The zero-order chi connectivity index (χ0) is 15.3. The third kappa shape index (κ3) is 12.2. The Kier molecular flexibility index (Phi) is 9.91. The Labute approximate surface area is 113 Å². The van der Waals surface area contributed by atoms with Crippen LogP contribution >= 0.6 is 0 Å². The zero-order valence-corrected chi connectivity index (χ0v) is 11.7. The van der Waals surface area contributed by atoms with E-state index in [0.717, 1.165) is 32.1 Å². The second-order valence-electron chi connectivity index (χ2n) is 5.20. The van der Waals surface area contributed by atoms with E-state index < -0.39 is 6.85 Å². The molecule has 0 aliphatic carbocycles. The average Bonchev–Trinajstić information content (AvgIpc) is 2.38. The summed E-state index contributed by atoms with van der Waals surface area (Å²) in [6.07, 6.45) is 13.1. The van der Waals surface area contributed by atoms with Gasteiger partial charge in [-0.15, -0.1) is 0 Å². The molecule has 0 rings (SSSR count). The SMILES string of the molecule is [2H]C([2H])([2H])CCCCCCCC(CO)CCCCCC. The van der Waals surface area contributed by atoms with E-state index in [1.807, 2.05) is 0 Å². The number of unbranched alkanes of at least 4 members (excludes halogenated alkanes) is 7. The summed E-state index contributed by atoms with van der Waals surface area (Å²) < 4.78 is 21.4. The lowest BCUT2D eigenvalue weighted by molar-refractivity contribution is 0.204. The van der Waals surface area contributed by atoms with Gasteiger partial charge >= 0.3 is 0 Å². The van der Waals surface area contributed by atoms with E-state index in [0.29, 0.717) is 18.9 Å². The lowest BCUT2D eigenvalue weighted by atomic mass is 9.95. The molecule has 0 radical (unpaired) electrons. The van der Waals surface area contributed by atoms with Crippen LogP contribution < -0.4 is 0 Å². The smallest absolute Gasteiger partial charge is 0.0459 e. The maximum absolute atomic E-state index is 9.35. The molecule has 1 unspecified atom stereocenters. The average molecular weight is 245 g/mol. The van der Waals surface area contributed by atoms with Crippen molar-refractivity contribution in [3.8, 4) is 0 Å². The van der Waals surface area contributed by atoms with Gasteiger partial charge in [0.1, 0.15) is 0 Å². The van der Waals surface area contributed by atoms with Crippen molar-refractivity contribution in [2.75, 3.05) is 6.61 Å².